The zero-order valence-electron chi connectivity index (χ0n) is 18.4. The van der Waals surface area contributed by atoms with Gasteiger partial charge in [0.05, 0.1) is 30.5 Å². The Labute approximate surface area is 202 Å². The van der Waals surface area contributed by atoms with Gasteiger partial charge in [-0.2, -0.15) is 0 Å². The van der Waals surface area contributed by atoms with Crippen LogP contribution in [0.4, 0.5) is 11.4 Å². The van der Waals surface area contributed by atoms with E-state index in [1.165, 1.54) is 4.90 Å². The summed E-state index contributed by atoms with van der Waals surface area (Å²) < 4.78 is 5.69. The molecular formula is C26H24ClN3O4. The molecule has 1 N–H and O–H groups in total. The van der Waals surface area contributed by atoms with Crippen LogP contribution in [0.3, 0.4) is 0 Å². The third-order valence-corrected chi connectivity index (χ3v) is 7.55. The standard InChI is InChI=1S/C26H24ClN3O4/c27-16-8-10-17(11-9-16)28-24(31)23-22-21(20-12-7-15-4-1-2-6-19(15)30(20)23)25(32)29(26(22)33)14-18-5-3-13-34-18/h1-2,4,6-12,18,20-23H,3,5,13-14H2,(H,28,31)/t18-,20+,21+,22-,23-/m0/s1. The number of hydrogen-bond acceptors (Lipinski definition) is 5. The number of anilines is 2. The van der Waals surface area contributed by atoms with Gasteiger partial charge >= 0.3 is 0 Å². The minimum absolute atomic E-state index is 0.133. The zero-order valence-corrected chi connectivity index (χ0v) is 19.1. The van der Waals surface area contributed by atoms with E-state index in [2.05, 4.69) is 5.32 Å². The highest BCUT2D eigenvalue weighted by Crippen LogP contribution is 2.48. The Morgan fingerprint density at radius 3 is 2.59 bits per heavy atom. The second-order valence-corrected chi connectivity index (χ2v) is 9.67. The number of ether oxygens (including phenoxy) is 1. The van der Waals surface area contributed by atoms with Crippen molar-refractivity contribution in [1.29, 1.82) is 0 Å². The van der Waals surface area contributed by atoms with Crippen molar-refractivity contribution in [3.63, 3.8) is 0 Å². The number of fused-ring (bicyclic) bond motifs is 5. The molecule has 5 atom stereocenters. The zero-order chi connectivity index (χ0) is 23.4. The van der Waals surface area contributed by atoms with Crippen molar-refractivity contribution in [2.24, 2.45) is 11.8 Å². The van der Waals surface area contributed by atoms with Gasteiger partial charge in [0.15, 0.2) is 0 Å². The van der Waals surface area contributed by atoms with Crippen molar-refractivity contribution in [1.82, 2.24) is 4.90 Å². The summed E-state index contributed by atoms with van der Waals surface area (Å²) in [5, 5.41) is 3.51. The molecule has 0 spiro atoms. The first-order valence-electron chi connectivity index (χ1n) is 11.6. The Bertz CT molecular complexity index is 1190. The molecule has 0 aromatic heterocycles. The van der Waals surface area contributed by atoms with Crippen molar-refractivity contribution < 1.29 is 19.1 Å². The maximum absolute atomic E-state index is 13.7. The van der Waals surface area contributed by atoms with Crippen LogP contribution in [0.2, 0.25) is 5.02 Å². The Morgan fingerprint density at radius 1 is 1.06 bits per heavy atom. The Hall–Kier alpha value is -3.16. The molecule has 3 fully saturated rings. The Morgan fingerprint density at radius 2 is 1.82 bits per heavy atom. The van der Waals surface area contributed by atoms with E-state index in [1.54, 1.807) is 24.3 Å². The van der Waals surface area contributed by atoms with Crippen LogP contribution in [0.25, 0.3) is 6.08 Å². The number of benzene rings is 2. The molecule has 3 amide bonds. The number of nitrogens with zero attached hydrogens (tertiary/aromatic N) is 2. The average Bonchev–Trinajstić information content (AvgIpc) is 3.54. The van der Waals surface area contributed by atoms with Gasteiger partial charge in [0.25, 0.3) is 0 Å². The molecule has 4 aliphatic heterocycles. The van der Waals surface area contributed by atoms with Gasteiger partial charge in [-0.15, -0.1) is 0 Å². The number of likely N-dealkylation sites (tertiary alicyclic amines) is 1. The number of rotatable bonds is 4. The molecule has 7 nitrogen and oxygen atoms in total. The van der Waals surface area contributed by atoms with Crippen LogP contribution >= 0.6 is 11.6 Å². The monoisotopic (exact) mass is 477 g/mol. The number of carbonyl (C=O) groups excluding carboxylic acids is 3. The van der Waals surface area contributed by atoms with E-state index in [0.717, 1.165) is 24.1 Å². The van der Waals surface area contributed by atoms with Gasteiger partial charge in [0.1, 0.15) is 6.04 Å². The van der Waals surface area contributed by atoms with Gasteiger partial charge in [-0.1, -0.05) is 42.0 Å². The topological polar surface area (TPSA) is 79.0 Å². The van der Waals surface area contributed by atoms with Crippen LogP contribution in [-0.2, 0) is 19.1 Å². The fourth-order valence-corrected chi connectivity index (χ4v) is 5.92. The fourth-order valence-electron chi connectivity index (χ4n) is 5.80. The number of amides is 3. The molecule has 0 unspecified atom stereocenters. The van der Waals surface area contributed by atoms with Crippen molar-refractivity contribution in [3.8, 4) is 0 Å². The summed E-state index contributed by atoms with van der Waals surface area (Å²) in [7, 11) is 0. The highest BCUT2D eigenvalue weighted by atomic mass is 35.5. The SMILES string of the molecule is O=C(Nc1ccc(Cl)cc1)[C@@H]1[C@H]2C(=O)N(C[C@@H]3CCCO3)C(=O)[C@@H]2[C@H]2C=Cc3ccccc3N21. The Kier molecular flexibility index (Phi) is 5.19. The lowest BCUT2D eigenvalue weighted by molar-refractivity contribution is -0.142. The van der Waals surface area contributed by atoms with Crippen molar-refractivity contribution in [2.45, 2.75) is 31.0 Å². The van der Waals surface area contributed by atoms with Crippen LogP contribution in [0.1, 0.15) is 18.4 Å². The van der Waals surface area contributed by atoms with Crippen molar-refractivity contribution in [2.75, 3.05) is 23.4 Å². The molecule has 34 heavy (non-hydrogen) atoms. The summed E-state index contributed by atoms with van der Waals surface area (Å²) >= 11 is 5.99. The number of carbonyl (C=O) groups is 3. The largest absolute Gasteiger partial charge is 0.376 e. The average molecular weight is 478 g/mol. The molecule has 2 aromatic carbocycles. The van der Waals surface area contributed by atoms with Gasteiger partial charge in [0, 0.05) is 23.0 Å². The molecule has 4 aliphatic rings. The van der Waals surface area contributed by atoms with Gasteiger partial charge in [-0.25, -0.2) is 0 Å². The highest BCUT2D eigenvalue weighted by molar-refractivity contribution is 6.30. The van der Waals surface area contributed by atoms with Crippen LogP contribution in [0.5, 0.6) is 0 Å². The van der Waals surface area contributed by atoms with E-state index >= 15 is 0 Å². The predicted octanol–water partition coefficient (Wildman–Crippen LogP) is 3.34. The third kappa shape index (κ3) is 3.34. The van der Waals surface area contributed by atoms with E-state index in [0.29, 0.717) is 17.3 Å². The van der Waals surface area contributed by atoms with Crippen LogP contribution in [0.15, 0.2) is 54.6 Å². The van der Waals surface area contributed by atoms with E-state index in [9.17, 15) is 14.4 Å². The first-order valence-corrected chi connectivity index (χ1v) is 12.0. The van der Waals surface area contributed by atoms with E-state index in [-0.39, 0.29) is 36.4 Å². The second-order valence-electron chi connectivity index (χ2n) is 9.23. The van der Waals surface area contributed by atoms with Gasteiger partial charge < -0.3 is 15.0 Å². The van der Waals surface area contributed by atoms with E-state index in [4.69, 9.17) is 16.3 Å². The highest BCUT2D eigenvalue weighted by Gasteiger charge is 2.64. The molecule has 174 valence electrons. The smallest absolute Gasteiger partial charge is 0.247 e. The predicted molar refractivity (Wildman–Crippen MR) is 128 cm³/mol. The number of imide groups is 1. The molecule has 8 heteroatoms. The third-order valence-electron chi connectivity index (χ3n) is 7.30. The quantitative estimate of drug-likeness (QED) is 0.683. The number of para-hydroxylation sites is 1. The lowest BCUT2D eigenvalue weighted by atomic mass is 9.88. The van der Waals surface area contributed by atoms with E-state index < -0.39 is 17.9 Å². The van der Waals surface area contributed by atoms with Gasteiger partial charge in [-0.3, -0.25) is 19.3 Å². The minimum atomic E-state index is -0.817. The molecule has 3 saturated heterocycles. The minimum Gasteiger partial charge on any atom is -0.376 e. The fraction of sp³-hybridized carbons (Fsp3) is 0.346. The molecule has 0 radical (unpaired) electrons. The maximum atomic E-state index is 13.7. The van der Waals surface area contributed by atoms with Gasteiger partial charge in [-0.05, 0) is 48.7 Å². The van der Waals surface area contributed by atoms with E-state index in [1.807, 2.05) is 41.3 Å². The molecule has 4 heterocycles. The van der Waals surface area contributed by atoms with Crippen molar-refractivity contribution in [3.05, 3.63) is 65.2 Å². The summed E-state index contributed by atoms with van der Waals surface area (Å²) in [6.07, 6.45) is 5.56. The number of halogens is 1. The summed E-state index contributed by atoms with van der Waals surface area (Å²) in [5.41, 5.74) is 2.40. The lowest BCUT2D eigenvalue weighted by Crippen LogP contribution is -2.51. The van der Waals surface area contributed by atoms with Gasteiger partial charge in [0.2, 0.25) is 17.7 Å². The molecule has 0 bridgehead atoms. The second kappa shape index (κ2) is 8.25. The summed E-state index contributed by atoms with van der Waals surface area (Å²) in [6.45, 7) is 0.902. The Balaban J connectivity index is 1.37. The maximum Gasteiger partial charge on any atom is 0.247 e. The lowest BCUT2D eigenvalue weighted by Gasteiger charge is -2.36. The first-order chi connectivity index (χ1) is 16.5. The summed E-state index contributed by atoms with van der Waals surface area (Å²) in [6, 6.07) is 13.4. The number of nitrogens with one attached hydrogen (secondary N) is 1. The van der Waals surface area contributed by atoms with Crippen LogP contribution in [0, 0.1) is 11.8 Å². The van der Waals surface area contributed by atoms with Crippen LogP contribution in [-0.4, -0.2) is 54.0 Å². The normalized spacial score (nSPS) is 29.3. The summed E-state index contributed by atoms with van der Waals surface area (Å²) in [4.78, 5) is 44.2. The molecule has 2 aromatic rings. The van der Waals surface area contributed by atoms with Crippen molar-refractivity contribution >= 4 is 46.8 Å². The first kappa shape index (κ1) is 21.4. The number of hydrogen-bond donors (Lipinski definition) is 1. The molecule has 0 aliphatic carbocycles. The van der Waals surface area contributed by atoms with Crippen LogP contribution < -0.4 is 10.2 Å². The molecular weight excluding hydrogens is 454 g/mol. The molecule has 0 saturated carbocycles. The molecule has 6 rings (SSSR count). The summed E-state index contributed by atoms with van der Waals surface area (Å²) in [5.74, 6) is -2.19.